The van der Waals surface area contributed by atoms with E-state index in [0.717, 1.165) is 4.47 Å². The Kier molecular flexibility index (Phi) is 5.87. The van der Waals surface area contributed by atoms with Gasteiger partial charge in [0.15, 0.2) is 0 Å². The summed E-state index contributed by atoms with van der Waals surface area (Å²) in [5, 5.41) is 0. The zero-order valence-electron chi connectivity index (χ0n) is 11.4. The van der Waals surface area contributed by atoms with Gasteiger partial charge in [-0.15, -0.1) is 11.6 Å². The van der Waals surface area contributed by atoms with Crippen LogP contribution >= 0.6 is 27.5 Å². The van der Waals surface area contributed by atoms with Crippen molar-refractivity contribution in [2.75, 3.05) is 38.7 Å². The maximum Gasteiger partial charge on any atom is 0.409 e. The SMILES string of the molecule is O=C(OCCCl)N1CCN(C(=O)c2ccccc2Br)CC1. The molecular weight excluding hydrogens is 360 g/mol. The van der Waals surface area contributed by atoms with Gasteiger partial charge in [0.05, 0.1) is 11.4 Å². The van der Waals surface area contributed by atoms with E-state index in [4.69, 9.17) is 16.3 Å². The fourth-order valence-electron chi connectivity index (χ4n) is 2.11. The molecule has 0 radical (unpaired) electrons. The van der Waals surface area contributed by atoms with Gasteiger partial charge in [0, 0.05) is 30.7 Å². The Morgan fingerprint density at radius 3 is 2.38 bits per heavy atom. The van der Waals surface area contributed by atoms with Gasteiger partial charge in [-0.1, -0.05) is 12.1 Å². The fraction of sp³-hybridized carbons (Fsp3) is 0.429. The Hall–Kier alpha value is -1.27. The molecule has 1 aromatic rings. The lowest BCUT2D eigenvalue weighted by atomic mass is 10.2. The van der Waals surface area contributed by atoms with Crippen LogP contribution in [0.2, 0.25) is 0 Å². The van der Waals surface area contributed by atoms with E-state index in [2.05, 4.69) is 15.9 Å². The summed E-state index contributed by atoms with van der Waals surface area (Å²) in [5.74, 6) is 0.253. The molecule has 2 rings (SSSR count). The molecule has 1 heterocycles. The van der Waals surface area contributed by atoms with E-state index >= 15 is 0 Å². The molecule has 1 saturated heterocycles. The Labute approximate surface area is 136 Å². The van der Waals surface area contributed by atoms with Crippen molar-refractivity contribution < 1.29 is 14.3 Å². The predicted molar refractivity (Wildman–Crippen MR) is 83.7 cm³/mol. The Morgan fingerprint density at radius 1 is 1.14 bits per heavy atom. The fourth-order valence-corrected chi connectivity index (χ4v) is 2.65. The molecule has 114 valence electrons. The van der Waals surface area contributed by atoms with Crippen molar-refractivity contribution in [1.29, 1.82) is 0 Å². The predicted octanol–water partition coefficient (Wildman–Crippen LogP) is 2.58. The summed E-state index contributed by atoms with van der Waals surface area (Å²) >= 11 is 8.86. The van der Waals surface area contributed by atoms with Crippen molar-refractivity contribution in [3.8, 4) is 0 Å². The third-order valence-electron chi connectivity index (χ3n) is 3.23. The second kappa shape index (κ2) is 7.66. The second-order valence-corrected chi connectivity index (χ2v) is 5.79. The van der Waals surface area contributed by atoms with Crippen LogP contribution in [0.3, 0.4) is 0 Å². The average Bonchev–Trinajstić information content (AvgIpc) is 2.52. The highest BCUT2D eigenvalue weighted by Gasteiger charge is 2.26. The number of rotatable bonds is 3. The van der Waals surface area contributed by atoms with Gasteiger partial charge < -0.3 is 14.5 Å². The minimum absolute atomic E-state index is 0.0312. The number of amides is 2. The third-order valence-corrected chi connectivity index (χ3v) is 4.08. The lowest BCUT2D eigenvalue weighted by Crippen LogP contribution is -2.50. The zero-order chi connectivity index (χ0) is 15.2. The summed E-state index contributed by atoms with van der Waals surface area (Å²) in [6, 6.07) is 7.32. The molecule has 1 aliphatic rings. The molecule has 0 saturated carbocycles. The smallest absolute Gasteiger partial charge is 0.409 e. The number of alkyl halides is 1. The maximum absolute atomic E-state index is 12.4. The number of hydrogen-bond donors (Lipinski definition) is 0. The van der Waals surface area contributed by atoms with E-state index in [-0.39, 0.29) is 24.5 Å². The first-order valence-electron chi connectivity index (χ1n) is 6.65. The number of nitrogens with zero attached hydrogens (tertiary/aromatic N) is 2. The molecule has 0 bridgehead atoms. The Balaban J connectivity index is 1.91. The van der Waals surface area contributed by atoms with Crippen molar-refractivity contribution >= 4 is 39.5 Å². The monoisotopic (exact) mass is 374 g/mol. The number of hydrogen-bond acceptors (Lipinski definition) is 3. The molecular formula is C14H16BrClN2O3. The van der Waals surface area contributed by atoms with Gasteiger partial charge in [-0.2, -0.15) is 0 Å². The summed E-state index contributed by atoms with van der Waals surface area (Å²) in [6.07, 6.45) is -0.372. The summed E-state index contributed by atoms with van der Waals surface area (Å²) in [7, 11) is 0. The van der Waals surface area contributed by atoms with Gasteiger partial charge in [-0.05, 0) is 28.1 Å². The van der Waals surface area contributed by atoms with E-state index < -0.39 is 0 Å². The molecule has 0 aliphatic carbocycles. The average molecular weight is 376 g/mol. The number of benzene rings is 1. The standard InChI is InChI=1S/C14H16BrClN2O3/c15-12-4-2-1-3-11(12)13(19)17-6-8-18(9-7-17)14(20)21-10-5-16/h1-4H,5-10H2. The van der Waals surface area contributed by atoms with Gasteiger partial charge in [0.2, 0.25) is 0 Å². The number of halogens is 2. The van der Waals surface area contributed by atoms with E-state index in [1.807, 2.05) is 18.2 Å². The molecule has 21 heavy (non-hydrogen) atoms. The van der Waals surface area contributed by atoms with Crippen LogP contribution < -0.4 is 0 Å². The topological polar surface area (TPSA) is 49.9 Å². The molecule has 1 aliphatic heterocycles. The number of ether oxygens (including phenoxy) is 1. The highest BCUT2D eigenvalue weighted by Crippen LogP contribution is 2.18. The van der Waals surface area contributed by atoms with E-state index in [9.17, 15) is 9.59 Å². The van der Waals surface area contributed by atoms with Gasteiger partial charge in [0.1, 0.15) is 6.61 Å². The molecule has 0 spiro atoms. The number of carbonyl (C=O) groups is 2. The van der Waals surface area contributed by atoms with Crippen molar-refractivity contribution in [3.63, 3.8) is 0 Å². The van der Waals surface area contributed by atoms with Gasteiger partial charge in [-0.3, -0.25) is 4.79 Å². The molecule has 7 heteroatoms. The Bertz CT molecular complexity index is 519. The normalized spacial score (nSPS) is 15.0. The van der Waals surface area contributed by atoms with Gasteiger partial charge >= 0.3 is 6.09 Å². The van der Waals surface area contributed by atoms with Gasteiger partial charge in [0.25, 0.3) is 5.91 Å². The summed E-state index contributed by atoms with van der Waals surface area (Å²) in [5.41, 5.74) is 0.635. The summed E-state index contributed by atoms with van der Waals surface area (Å²) in [6.45, 7) is 2.14. The second-order valence-electron chi connectivity index (χ2n) is 4.56. The van der Waals surface area contributed by atoms with Crippen molar-refractivity contribution in [1.82, 2.24) is 9.80 Å². The lowest BCUT2D eigenvalue weighted by Gasteiger charge is -2.34. The molecule has 1 aromatic carbocycles. The van der Waals surface area contributed by atoms with E-state index in [0.29, 0.717) is 31.7 Å². The number of carbonyl (C=O) groups excluding carboxylic acids is 2. The van der Waals surface area contributed by atoms with Crippen molar-refractivity contribution in [2.24, 2.45) is 0 Å². The highest BCUT2D eigenvalue weighted by molar-refractivity contribution is 9.10. The Morgan fingerprint density at radius 2 is 1.76 bits per heavy atom. The quantitative estimate of drug-likeness (QED) is 0.763. The summed E-state index contributed by atoms with van der Waals surface area (Å²) in [4.78, 5) is 27.4. The molecule has 0 aromatic heterocycles. The largest absolute Gasteiger partial charge is 0.448 e. The highest BCUT2D eigenvalue weighted by atomic mass is 79.9. The van der Waals surface area contributed by atoms with E-state index in [1.165, 1.54) is 0 Å². The molecule has 1 fully saturated rings. The molecule has 2 amide bonds. The molecule has 0 atom stereocenters. The minimum Gasteiger partial charge on any atom is -0.448 e. The van der Waals surface area contributed by atoms with Crippen LogP contribution in [0.1, 0.15) is 10.4 Å². The first-order valence-corrected chi connectivity index (χ1v) is 7.97. The van der Waals surface area contributed by atoms with Crippen LogP contribution in [0, 0.1) is 0 Å². The van der Waals surface area contributed by atoms with Crippen molar-refractivity contribution in [2.45, 2.75) is 0 Å². The van der Waals surface area contributed by atoms with Crippen LogP contribution in [-0.2, 0) is 4.74 Å². The minimum atomic E-state index is -0.372. The first-order chi connectivity index (χ1) is 10.1. The third kappa shape index (κ3) is 4.11. The van der Waals surface area contributed by atoms with Crippen LogP contribution in [0.5, 0.6) is 0 Å². The summed E-state index contributed by atoms with van der Waals surface area (Å²) < 4.78 is 5.75. The molecule has 0 unspecified atom stereocenters. The molecule has 0 N–H and O–H groups in total. The number of piperazine rings is 1. The van der Waals surface area contributed by atoms with Crippen LogP contribution in [0.4, 0.5) is 4.79 Å². The van der Waals surface area contributed by atoms with Crippen LogP contribution in [0.25, 0.3) is 0 Å². The van der Waals surface area contributed by atoms with Crippen LogP contribution in [-0.4, -0.2) is 60.5 Å². The maximum atomic E-state index is 12.4. The van der Waals surface area contributed by atoms with E-state index in [1.54, 1.807) is 15.9 Å². The van der Waals surface area contributed by atoms with Gasteiger partial charge in [-0.25, -0.2) is 4.79 Å². The van der Waals surface area contributed by atoms with Crippen LogP contribution in [0.15, 0.2) is 28.7 Å². The first kappa shape index (κ1) is 16.1. The lowest BCUT2D eigenvalue weighted by molar-refractivity contribution is 0.0571. The molecule has 5 nitrogen and oxygen atoms in total. The zero-order valence-corrected chi connectivity index (χ0v) is 13.8. The van der Waals surface area contributed by atoms with Crippen molar-refractivity contribution in [3.05, 3.63) is 34.3 Å².